The van der Waals surface area contributed by atoms with E-state index in [0.29, 0.717) is 23.8 Å². The second-order valence-electron chi connectivity index (χ2n) is 9.70. The van der Waals surface area contributed by atoms with Crippen LogP contribution in [0.5, 0.6) is 5.75 Å². The van der Waals surface area contributed by atoms with Gasteiger partial charge < -0.3 is 9.47 Å². The number of esters is 2. The van der Waals surface area contributed by atoms with Gasteiger partial charge in [-0.2, -0.15) is 0 Å². The number of hydrogen-bond acceptors (Lipinski definition) is 6. The second kappa shape index (κ2) is 10.8. The van der Waals surface area contributed by atoms with Crippen LogP contribution in [0.4, 0.5) is 13.2 Å². The highest BCUT2D eigenvalue weighted by Crippen LogP contribution is 2.43. The van der Waals surface area contributed by atoms with E-state index >= 15 is 8.78 Å². The number of carbonyl (C=O) groups is 3. The molecular formula is C27H30F3NO5. The number of halogens is 3. The zero-order valence-corrected chi connectivity index (χ0v) is 21.0. The van der Waals surface area contributed by atoms with Crippen molar-refractivity contribution in [1.82, 2.24) is 4.90 Å². The molecule has 0 spiro atoms. The molecule has 6 nitrogen and oxygen atoms in total. The van der Waals surface area contributed by atoms with E-state index in [4.69, 9.17) is 4.74 Å². The SMILES string of the molecule is COC(=O)CCc1cc(F)c(C2c3cc(C=O)c(OC(C)=O)cc3CC(C)N2CC(C)(C)F)c(F)c1. The van der Waals surface area contributed by atoms with Crippen LogP contribution >= 0.6 is 0 Å². The van der Waals surface area contributed by atoms with E-state index in [1.165, 1.54) is 40.0 Å². The molecule has 0 saturated heterocycles. The standard InChI is InChI=1S/C27H30F3NO5/c1-15-8-18-12-23(36-16(2)33)19(13-32)11-20(18)26(31(15)14-27(3,4)30)25-21(28)9-17(10-22(25)29)6-7-24(34)35-5/h9-13,15,26H,6-8,14H2,1-5H3. The number of fused-ring (bicyclic) bond motifs is 1. The number of carbonyl (C=O) groups excluding carboxylic acids is 3. The van der Waals surface area contributed by atoms with Crippen LogP contribution in [0.15, 0.2) is 24.3 Å². The molecule has 1 heterocycles. The lowest BCUT2D eigenvalue weighted by Crippen LogP contribution is -2.48. The van der Waals surface area contributed by atoms with E-state index in [2.05, 4.69) is 4.74 Å². The van der Waals surface area contributed by atoms with Crippen molar-refractivity contribution in [3.8, 4) is 5.75 Å². The topological polar surface area (TPSA) is 72.9 Å². The van der Waals surface area contributed by atoms with E-state index in [1.54, 1.807) is 4.90 Å². The van der Waals surface area contributed by atoms with Gasteiger partial charge in [0.15, 0.2) is 6.29 Å². The molecule has 3 rings (SSSR count). The Balaban J connectivity index is 2.18. The first kappa shape index (κ1) is 27.4. The van der Waals surface area contributed by atoms with Gasteiger partial charge in [0.2, 0.25) is 0 Å². The Labute approximate surface area is 208 Å². The number of ether oxygens (including phenoxy) is 2. The number of benzene rings is 2. The normalized spacial score (nSPS) is 17.9. The Hall–Kier alpha value is -3.20. The molecule has 194 valence electrons. The molecule has 0 aliphatic carbocycles. The van der Waals surface area contributed by atoms with E-state index < -0.39 is 35.3 Å². The molecule has 2 atom stereocenters. The van der Waals surface area contributed by atoms with Gasteiger partial charge in [0.05, 0.1) is 18.7 Å². The minimum Gasteiger partial charge on any atom is -0.469 e. The number of nitrogens with zero attached hydrogens (tertiary/aromatic N) is 1. The van der Waals surface area contributed by atoms with Crippen molar-refractivity contribution in [2.45, 2.75) is 64.7 Å². The molecule has 0 saturated carbocycles. The highest BCUT2D eigenvalue weighted by atomic mass is 19.1. The second-order valence-corrected chi connectivity index (χ2v) is 9.70. The smallest absolute Gasteiger partial charge is 0.308 e. The van der Waals surface area contributed by atoms with Crippen molar-refractivity contribution >= 4 is 18.2 Å². The van der Waals surface area contributed by atoms with Crippen molar-refractivity contribution in [3.63, 3.8) is 0 Å². The molecule has 2 aromatic rings. The summed E-state index contributed by atoms with van der Waals surface area (Å²) >= 11 is 0. The summed E-state index contributed by atoms with van der Waals surface area (Å²) in [7, 11) is 1.23. The first-order valence-electron chi connectivity index (χ1n) is 11.6. The largest absolute Gasteiger partial charge is 0.469 e. The first-order chi connectivity index (χ1) is 16.8. The van der Waals surface area contributed by atoms with Crippen LogP contribution in [0.1, 0.15) is 72.8 Å². The summed E-state index contributed by atoms with van der Waals surface area (Å²) in [6.07, 6.45) is 0.929. The van der Waals surface area contributed by atoms with E-state index in [1.807, 2.05) is 6.92 Å². The molecule has 2 unspecified atom stereocenters. The van der Waals surface area contributed by atoms with E-state index in [0.717, 1.165) is 12.1 Å². The molecule has 0 fully saturated rings. The molecule has 0 bridgehead atoms. The van der Waals surface area contributed by atoms with Crippen molar-refractivity contribution < 1.29 is 37.0 Å². The fraction of sp³-hybridized carbons (Fsp3) is 0.444. The zero-order valence-electron chi connectivity index (χ0n) is 21.0. The summed E-state index contributed by atoms with van der Waals surface area (Å²) in [5.74, 6) is -2.76. The minimum atomic E-state index is -1.68. The lowest BCUT2D eigenvalue weighted by molar-refractivity contribution is -0.140. The van der Waals surface area contributed by atoms with Gasteiger partial charge in [-0.3, -0.25) is 19.3 Å². The molecular weight excluding hydrogens is 475 g/mol. The highest BCUT2D eigenvalue weighted by Gasteiger charge is 2.40. The Bertz CT molecular complexity index is 1150. The maximum absolute atomic E-state index is 15.5. The summed E-state index contributed by atoms with van der Waals surface area (Å²) in [4.78, 5) is 36.5. The predicted octanol–water partition coefficient (Wildman–Crippen LogP) is 4.89. The van der Waals surface area contributed by atoms with Crippen molar-refractivity contribution in [1.29, 1.82) is 0 Å². The molecule has 9 heteroatoms. The molecule has 1 aliphatic rings. The monoisotopic (exact) mass is 505 g/mol. The van der Waals surface area contributed by atoms with Crippen LogP contribution in [-0.2, 0) is 27.2 Å². The quantitative estimate of drug-likeness (QED) is 0.289. The van der Waals surface area contributed by atoms with E-state index in [9.17, 15) is 18.8 Å². The lowest BCUT2D eigenvalue weighted by atomic mass is 9.82. The van der Waals surface area contributed by atoms with Gasteiger partial charge in [-0.25, -0.2) is 13.2 Å². The average molecular weight is 506 g/mol. The maximum atomic E-state index is 15.5. The van der Waals surface area contributed by atoms with Crippen molar-refractivity contribution in [2.24, 2.45) is 0 Å². The molecule has 0 amide bonds. The maximum Gasteiger partial charge on any atom is 0.308 e. The third-order valence-corrected chi connectivity index (χ3v) is 6.18. The highest BCUT2D eigenvalue weighted by molar-refractivity contribution is 5.83. The number of hydrogen-bond donors (Lipinski definition) is 0. The minimum absolute atomic E-state index is 0.0399. The average Bonchev–Trinajstić information content (AvgIpc) is 2.77. The van der Waals surface area contributed by atoms with Crippen molar-refractivity contribution in [2.75, 3.05) is 13.7 Å². The lowest BCUT2D eigenvalue weighted by Gasteiger charge is -2.44. The van der Waals surface area contributed by atoms with Crippen LogP contribution in [0.2, 0.25) is 0 Å². The van der Waals surface area contributed by atoms with Gasteiger partial charge >= 0.3 is 11.9 Å². The summed E-state index contributed by atoms with van der Waals surface area (Å²) in [5.41, 5.74) is -0.585. The molecule has 2 aromatic carbocycles. The van der Waals surface area contributed by atoms with Gasteiger partial charge in [-0.1, -0.05) is 0 Å². The number of aldehydes is 1. The van der Waals surface area contributed by atoms with Gasteiger partial charge in [0.25, 0.3) is 0 Å². The van der Waals surface area contributed by atoms with Crippen molar-refractivity contribution in [3.05, 3.63) is 63.7 Å². The van der Waals surface area contributed by atoms with Crippen LogP contribution < -0.4 is 4.74 Å². The zero-order chi connectivity index (χ0) is 26.8. The molecule has 36 heavy (non-hydrogen) atoms. The third-order valence-electron chi connectivity index (χ3n) is 6.18. The fourth-order valence-corrected chi connectivity index (χ4v) is 4.68. The predicted molar refractivity (Wildman–Crippen MR) is 127 cm³/mol. The Kier molecular flexibility index (Phi) is 8.23. The molecule has 1 aliphatic heterocycles. The van der Waals surface area contributed by atoms with Gasteiger partial charge in [0, 0.05) is 31.5 Å². The number of aryl methyl sites for hydroxylation is 1. The summed E-state index contributed by atoms with van der Waals surface area (Å²) in [6, 6.07) is 3.92. The number of alkyl halides is 1. The number of rotatable bonds is 8. The summed E-state index contributed by atoms with van der Waals surface area (Å²) < 4.78 is 55.7. The third kappa shape index (κ3) is 6.13. The molecule has 0 radical (unpaired) electrons. The van der Waals surface area contributed by atoms with E-state index in [-0.39, 0.29) is 47.9 Å². The number of methoxy groups -OCH3 is 1. The summed E-state index contributed by atoms with van der Waals surface area (Å²) in [5, 5.41) is 0. The van der Waals surface area contributed by atoms with Crippen LogP contribution in [-0.4, -0.2) is 48.5 Å². The van der Waals surface area contributed by atoms with Crippen LogP contribution in [0, 0.1) is 11.6 Å². The van der Waals surface area contributed by atoms with Crippen LogP contribution in [0.3, 0.4) is 0 Å². The molecule has 0 aromatic heterocycles. The summed E-state index contributed by atoms with van der Waals surface area (Å²) in [6.45, 7) is 5.67. The Morgan fingerprint density at radius 2 is 1.81 bits per heavy atom. The van der Waals surface area contributed by atoms with Crippen LogP contribution in [0.25, 0.3) is 0 Å². The fourth-order valence-electron chi connectivity index (χ4n) is 4.68. The Morgan fingerprint density at radius 3 is 2.33 bits per heavy atom. The Morgan fingerprint density at radius 1 is 1.17 bits per heavy atom. The van der Waals surface area contributed by atoms with Gasteiger partial charge in [-0.15, -0.1) is 0 Å². The first-order valence-corrected chi connectivity index (χ1v) is 11.6. The van der Waals surface area contributed by atoms with Gasteiger partial charge in [0.1, 0.15) is 23.1 Å². The molecule has 0 N–H and O–H groups in total. The van der Waals surface area contributed by atoms with Gasteiger partial charge in [-0.05, 0) is 74.6 Å².